The van der Waals surface area contributed by atoms with E-state index in [1.54, 1.807) is 0 Å². The van der Waals surface area contributed by atoms with E-state index in [4.69, 9.17) is 5.73 Å². The normalized spacial score (nSPS) is 18.9. The van der Waals surface area contributed by atoms with Gasteiger partial charge in [-0.15, -0.1) is 0 Å². The molecule has 0 saturated carbocycles. The van der Waals surface area contributed by atoms with E-state index >= 15 is 0 Å². The second kappa shape index (κ2) is 4.56. The highest BCUT2D eigenvalue weighted by Crippen LogP contribution is 2.26. The molecule has 0 fully saturated rings. The molecule has 86 valence electrons. The molecule has 3 N–H and O–H groups in total. The van der Waals surface area contributed by atoms with Gasteiger partial charge < -0.3 is 11.1 Å². The molecule has 0 bridgehead atoms. The highest BCUT2D eigenvalue weighted by atomic mass is 16.1. The van der Waals surface area contributed by atoms with E-state index in [9.17, 15) is 4.79 Å². The summed E-state index contributed by atoms with van der Waals surface area (Å²) in [5.41, 5.74) is 9.37. The summed E-state index contributed by atoms with van der Waals surface area (Å²) < 4.78 is 0. The Morgan fingerprint density at radius 3 is 3.12 bits per heavy atom. The average Bonchev–Trinajstić information content (AvgIpc) is 2.29. The minimum Gasteiger partial charge on any atom is -0.398 e. The van der Waals surface area contributed by atoms with Gasteiger partial charge in [0.15, 0.2) is 0 Å². The minimum absolute atomic E-state index is 0.136. The van der Waals surface area contributed by atoms with Crippen LogP contribution in [-0.2, 0) is 17.6 Å². The molecule has 1 amide bonds. The van der Waals surface area contributed by atoms with Gasteiger partial charge in [-0.3, -0.25) is 4.79 Å². The lowest BCUT2D eigenvalue weighted by molar-refractivity contribution is -0.121. The van der Waals surface area contributed by atoms with Crippen molar-refractivity contribution in [2.75, 3.05) is 5.73 Å². The van der Waals surface area contributed by atoms with Crippen molar-refractivity contribution in [3.05, 3.63) is 29.3 Å². The standard InChI is InChI=1S/C13H18N2O/c1-2-13(16)15-10-6-7-11-9(8-10)4-3-5-12(11)14/h3-5,10H,2,6-8,14H2,1H3,(H,15,16). The number of anilines is 1. The van der Waals surface area contributed by atoms with E-state index in [1.807, 2.05) is 19.1 Å². The third-order valence-electron chi connectivity index (χ3n) is 3.20. The summed E-state index contributed by atoms with van der Waals surface area (Å²) in [6.45, 7) is 1.88. The van der Waals surface area contributed by atoms with Crippen LogP contribution in [0.15, 0.2) is 18.2 Å². The third-order valence-corrected chi connectivity index (χ3v) is 3.20. The Morgan fingerprint density at radius 1 is 1.56 bits per heavy atom. The maximum atomic E-state index is 11.3. The van der Waals surface area contributed by atoms with Crippen LogP contribution in [0, 0.1) is 0 Å². The van der Waals surface area contributed by atoms with Gasteiger partial charge in [-0.05, 0) is 36.5 Å². The molecule has 16 heavy (non-hydrogen) atoms. The van der Waals surface area contributed by atoms with Crippen LogP contribution < -0.4 is 11.1 Å². The van der Waals surface area contributed by atoms with Crippen LogP contribution in [0.5, 0.6) is 0 Å². The fourth-order valence-corrected chi connectivity index (χ4v) is 2.29. The van der Waals surface area contributed by atoms with Crippen molar-refractivity contribution in [2.45, 2.75) is 38.6 Å². The summed E-state index contributed by atoms with van der Waals surface area (Å²) in [6, 6.07) is 6.32. The van der Waals surface area contributed by atoms with Crippen molar-refractivity contribution in [1.82, 2.24) is 5.32 Å². The summed E-state index contributed by atoms with van der Waals surface area (Å²) in [7, 11) is 0. The zero-order chi connectivity index (χ0) is 11.5. The molecule has 0 spiro atoms. The van der Waals surface area contributed by atoms with Gasteiger partial charge in [-0.1, -0.05) is 19.1 Å². The highest BCUT2D eigenvalue weighted by molar-refractivity contribution is 5.76. The Hall–Kier alpha value is -1.51. The number of nitrogens with one attached hydrogen (secondary N) is 1. The van der Waals surface area contributed by atoms with Crippen molar-refractivity contribution >= 4 is 11.6 Å². The fourth-order valence-electron chi connectivity index (χ4n) is 2.29. The summed E-state index contributed by atoms with van der Waals surface area (Å²) in [6.07, 6.45) is 3.43. The molecule has 0 heterocycles. The number of hydrogen-bond acceptors (Lipinski definition) is 2. The monoisotopic (exact) mass is 218 g/mol. The molecule has 1 aromatic rings. The van der Waals surface area contributed by atoms with E-state index in [0.717, 1.165) is 24.9 Å². The summed E-state index contributed by atoms with van der Waals surface area (Å²) in [4.78, 5) is 11.3. The predicted octanol–water partition coefficient (Wildman–Crippen LogP) is 1.65. The molecular formula is C13H18N2O. The first-order valence-corrected chi connectivity index (χ1v) is 5.86. The van der Waals surface area contributed by atoms with Crippen LogP contribution in [-0.4, -0.2) is 11.9 Å². The molecule has 1 unspecified atom stereocenters. The van der Waals surface area contributed by atoms with E-state index in [0.29, 0.717) is 6.42 Å². The summed E-state index contributed by atoms with van der Waals surface area (Å²) >= 11 is 0. The molecule has 0 aliphatic heterocycles. The van der Waals surface area contributed by atoms with Gasteiger partial charge in [-0.2, -0.15) is 0 Å². The van der Waals surface area contributed by atoms with Gasteiger partial charge >= 0.3 is 0 Å². The van der Waals surface area contributed by atoms with Crippen LogP contribution >= 0.6 is 0 Å². The summed E-state index contributed by atoms with van der Waals surface area (Å²) in [5, 5.41) is 3.05. The molecule has 1 aliphatic rings. The highest BCUT2D eigenvalue weighted by Gasteiger charge is 2.20. The number of amides is 1. The zero-order valence-electron chi connectivity index (χ0n) is 9.62. The maximum absolute atomic E-state index is 11.3. The average molecular weight is 218 g/mol. The number of nitrogen functional groups attached to an aromatic ring is 1. The van der Waals surface area contributed by atoms with E-state index < -0.39 is 0 Å². The van der Waals surface area contributed by atoms with Crippen molar-refractivity contribution < 1.29 is 4.79 Å². The van der Waals surface area contributed by atoms with Crippen molar-refractivity contribution in [1.29, 1.82) is 0 Å². The van der Waals surface area contributed by atoms with Crippen LogP contribution in [0.25, 0.3) is 0 Å². The molecule has 1 aromatic carbocycles. The second-order valence-corrected chi connectivity index (χ2v) is 4.35. The van der Waals surface area contributed by atoms with Gasteiger partial charge in [0, 0.05) is 18.2 Å². The fraction of sp³-hybridized carbons (Fsp3) is 0.462. The van der Waals surface area contributed by atoms with Crippen LogP contribution in [0.4, 0.5) is 5.69 Å². The number of rotatable bonds is 2. The molecule has 1 atom stereocenters. The molecule has 0 aromatic heterocycles. The molecule has 3 heteroatoms. The summed E-state index contributed by atoms with van der Waals surface area (Å²) in [5.74, 6) is 0.136. The maximum Gasteiger partial charge on any atom is 0.219 e. The Morgan fingerprint density at radius 2 is 2.38 bits per heavy atom. The molecular weight excluding hydrogens is 200 g/mol. The first-order valence-electron chi connectivity index (χ1n) is 5.86. The van der Waals surface area contributed by atoms with Gasteiger partial charge in [-0.25, -0.2) is 0 Å². The molecule has 0 radical (unpaired) electrons. The molecule has 1 aliphatic carbocycles. The largest absolute Gasteiger partial charge is 0.398 e. The quantitative estimate of drug-likeness (QED) is 0.742. The lowest BCUT2D eigenvalue weighted by Crippen LogP contribution is -2.38. The number of fused-ring (bicyclic) bond motifs is 1. The predicted molar refractivity (Wildman–Crippen MR) is 65.1 cm³/mol. The number of carbonyl (C=O) groups is 1. The van der Waals surface area contributed by atoms with E-state index in [-0.39, 0.29) is 11.9 Å². The molecule has 2 rings (SSSR count). The smallest absolute Gasteiger partial charge is 0.219 e. The Bertz CT molecular complexity index is 401. The van der Waals surface area contributed by atoms with Gasteiger partial charge in [0.1, 0.15) is 0 Å². The molecule has 3 nitrogen and oxygen atoms in total. The molecule has 0 saturated heterocycles. The third kappa shape index (κ3) is 2.18. The first-order chi connectivity index (χ1) is 7.70. The van der Waals surface area contributed by atoms with Gasteiger partial charge in [0.25, 0.3) is 0 Å². The number of carbonyl (C=O) groups excluding carboxylic acids is 1. The lowest BCUT2D eigenvalue weighted by atomic mass is 9.87. The number of nitrogens with two attached hydrogens (primary N) is 1. The van der Waals surface area contributed by atoms with Gasteiger partial charge in [0.05, 0.1) is 0 Å². The number of hydrogen-bond donors (Lipinski definition) is 2. The van der Waals surface area contributed by atoms with Crippen molar-refractivity contribution in [3.63, 3.8) is 0 Å². The Labute approximate surface area is 96.0 Å². The van der Waals surface area contributed by atoms with Crippen molar-refractivity contribution in [2.24, 2.45) is 0 Å². The second-order valence-electron chi connectivity index (χ2n) is 4.35. The first kappa shape index (κ1) is 11.0. The topological polar surface area (TPSA) is 55.1 Å². The van der Waals surface area contributed by atoms with Crippen molar-refractivity contribution in [3.8, 4) is 0 Å². The minimum atomic E-state index is 0.136. The number of benzene rings is 1. The van der Waals surface area contributed by atoms with E-state index in [2.05, 4.69) is 11.4 Å². The van der Waals surface area contributed by atoms with Crippen LogP contribution in [0.1, 0.15) is 30.9 Å². The lowest BCUT2D eigenvalue weighted by Gasteiger charge is -2.26. The van der Waals surface area contributed by atoms with Gasteiger partial charge in [0.2, 0.25) is 5.91 Å². The Kier molecular flexibility index (Phi) is 3.13. The van der Waals surface area contributed by atoms with Crippen LogP contribution in [0.3, 0.4) is 0 Å². The Balaban J connectivity index is 2.09. The van der Waals surface area contributed by atoms with E-state index in [1.165, 1.54) is 11.1 Å². The van der Waals surface area contributed by atoms with Crippen LogP contribution in [0.2, 0.25) is 0 Å². The SMILES string of the molecule is CCC(=O)NC1CCc2c(N)cccc2C1. The zero-order valence-corrected chi connectivity index (χ0v) is 9.62.